The van der Waals surface area contributed by atoms with E-state index in [4.69, 9.17) is 5.11 Å². The van der Waals surface area contributed by atoms with Crippen molar-refractivity contribution in [1.29, 1.82) is 0 Å². The van der Waals surface area contributed by atoms with E-state index in [1.807, 2.05) is 0 Å². The summed E-state index contributed by atoms with van der Waals surface area (Å²) in [7, 11) is 0. The minimum Gasteiger partial charge on any atom is -0.478 e. The van der Waals surface area contributed by atoms with Gasteiger partial charge in [0.25, 0.3) is 0 Å². The first kappa shape index (κ1) is 13.8. The molecule has 1 aliphatic carbocycles. The van der Waals surface area contributed by atoms with E-state index in [1.165, 1.54) is 0 Å². The molecule has 5 heteroatoms. The lowest BCUT2D eigenvalue weighted by atomic mass is 10.1. The summed E-state index contributed by atoms with van der Waals surface area (Å²) in [6.45, 7) is 0.892. The van der Waals surface area contributed by atoms with Crippen LogP contribution in [0.4, 0.5) is 5.82 Å². The number of aromatic carboxylic acids is 1. The highest BCUT2D eigenvalue weighted by molar-refractivity contribution is 5.93. The Kier molecular flexibility index (Phi) is 4.74. The summed E-state index contributed by atoms with van der Waals surface area (Å²) in [5.41, 5.74) is 2.37. The molecule has 0 saturated carbocycles. The van der Waals surface area contributed by atoms with Crippen LogP contribution in [-0.4, -0.2) is 34.3 Å². The fraction of sp³-hybridized carbons (Fsp3) is 0.571. The molecule has 19 heavy (non-hydrogen) atoms. The van der Waals surface area contributed by atoms with Gasteiger partial charge in [0.1, 0.15) is 11.4 Å². The highest BCUT2D eigenvalue weighted by Gasteiger charge is 2.19. The molecule has 0 amide bonds. The third-order valence-electron chi connectivity index (χ3n) is 3.41. The van der Waals surface area contributed by atoms with Crippen LogP contribution in [0, 0.1) is 0 Å². The van der Waals surface area contributed by atoms with Gasteiger partial charge in [-0.05, 0) is 50.2 Å². The Morgan fingerprint density at radius 3 is 2.89 bits per heavy atom. The van der Waals surface area contributed by atoms with E-state index in [0.717, 1.165) is 49.8 Å². The number of nitrogens with one attached hydrogen (secondary N) is 1. The summed E-state index contributed by atoms with van der Waals surface area (Å²) in [6, 6.07) is 1.76. The zero-order valence-corrected chi connectivity index (χ0v) is 11.0. The Labute approximate surface area is 112 Å². The molecule has 1 aromatic rings. The van der Waals surface area contributed by atoms with Crippen LogP contribution in [0.15, 0.2) is 6.07 Å². The number of pyridine rings is 1. The van der Waals surface area contributed by atoms with Gasteiger partial charge in [-0.3, -0.25) is 0 Å². The van der Waals surface area contributed by atoms with Gasteiger partial charge in [0.05, 0.1) is 0 Å². The van der Waals surface area contributed by atoms with Crippen LogP contribution in [0.2, 0.25) is 0 Å². The van der Waals surface area contributed by atoms with Crippen LogP contribution in [0.3, 0.4) is 0 Å². The Morgan fingerprint density at radius 1 is 1.32 bits per heavy atom. The minimum atomic E-state index is -0.931. The van der Waals surface area contributed by atoms with Crippen molar-refractivity contribution in [1.82, 2.24) is 4.98 Å². The predicted molar refractivity (Wildman–Crippen MR) is 72.6 cm³/mol. The summed E-state index contributed by atoms with van der Waals surface area (Å²) >= 11 is 0. The smallest absolute Gasteiger partial charge is 0.339 e. The standard InChI is InChI=1S/C14H20N2O3/c17-8-3-1-2-7-15-13-11(14(18)19)9-10-5-4-6-12(10)16-13/h9,17H,1-8H2,(H,15,16)(H,18,19). The molecule has 0 saturated heterocycles. The molecule has 1 aromatic heterocycles. The van der Waals surface area contributed by atoms with E-state index < -0.39 is 5.97 Å². The van der Waals surface area contributed by atoms with Crippen LogP contribution >= 0.6 is 0 Å². The zero-order valence-electron chi connectivity index (χ0n) is 11.0. The van der Waals surface area contributed by atoms with Gasteiger partial charge >= 0.3 is 5.97 Å². The average molecular weight is 264 g/mol. The molecule has 2 rings (SSSR count). The number of fused-ring (bicyclic) bond motifs is 1. The normalized spacial score (nSPS) is 13.3. The summed E-state index contributed by atoms with van der Waals surface area (Å²) in [5.74, 6) is -0.447. The Hall–Kier alpha value is -1.62. The first-order valence-corrected chi connectivity index (χ1v) is 6.83. The molecule has 0 bridgehead atoms. The number of aliphatic hydroxyl groups is 1. The van der Waals surface area contributed by atoms with Crippen LogP contribution < -0.4 is 5.32 Å². The number of aliphatic hydroxyl groups excluding tert-OH is 1. The van der Waals surface area contributed by atoms with E-state index >= 15 is 0 Å². The molecule has 0 unspecified atom stereocenters. The van der Waals surface area contributed by atoms with Crippen LogP contribution in [0.25, 0.3) is 0 Å². The first-order chi connectivity index (χ1) is 9.22. The number of hydrogen-bond donors (Lipinski definition) is 3. The van der Waals surface area contributed by atoms with Crippen molar-refractivity contribution in [3.8, 4) is 0 Å². The lowest BCUT2D eigenvalue weighted by Gasteiger charge is -2.11. The summed E-state index contributed by atoms with van der Waals surface area (Å²) in [6.07, 6.45) is 5.54. The lowest BCUT2D eigenvalue weighted by Crippen LogP contribution is -2.11. The Balaban J connectivity index is 2.03. The van der Waals surface area contributed by atoms with Gasteiger partial charge in [0.15, 0.2) is 0 Å². The van der Waals surface area contributed by atoms with Gasteiger partial charge in [-0.2, -0.15) is 0 Å². The highest BCUT2D eigenvalue weighted by Crippen LogP contribution is 2.25. The quantitative estimate of drug-likeness (QED) is 0.655. The second kappa shape index (κ2) is 6.52. The van der Waals surface area contributed by atoms with Crippen molar-refractivity contribution in [2.75, 3.05) is 18.5 Å². The van der Waals surface area contributed by atoms with Crippen molar-refractivity contribution in [2.24, 2.45) is 0 Å². The maximum atomic E-state index is 11.2. The number of carboxylic acid groups (broad SMARTS) is 1. The maximum Gasteiger partial charge on any atom is 0.339 e. The summed E-state index contributed by atoms with van der Waals surface area (Å²) < 4.78 is 0. The molecule has 0 fully saturated rings. The number of anilines is 1. The van der Waals surface area contributed by atoms with Crippen molar-refractivity contribution >= 4 is 11.8 Å². The fourth-order valence-electron chi connectivity index (χ4n) is 2.39. The third-order valence-corrected chi connectivity index (χ3v) is 3.41. The fourth-order valence-corrected chi connectivity index (χ4v) is 2.39. The number of aryl methyl sites for hydroxylation is 2. The topological polar surface area (TPSA) is 82.5 Å². The molecule has 0 radical (unpaired) electrons. The monoisotopic (exact) mass is 264 g/mol. The van der Waals surface area contributed by atoms with E-state index in [2.05, 4.69) is 10.3 Å². The third kappa shape index (κ3) is 3.44. The predicted octanol–water partition coefficient (Wildman–Crippen LogP) is 1.84. The zero-order chi connectivity index (χ0) is 13.7. The number of carboxylic acids is 1. The van der Waals surface area contributed by atoms with Gasteiger partial charge < -0.3 is 15.5 Å². The number of carbonyl (C=O) groups is 1. The molecule has 0 aromatic carbocycles. The Bertz CT molecular complexity index is 460. The van der Waals surface area contributed by atoms with E-state index in [9.17, 15) is 9.90 Å². The molecule has 5 nitrogen and oxygen atoms in total. The SMILES string of the molecule is O=C(O)c1cc2c(nc1NCCCCCO)CCC2. The number of nitrogens with zero attached hydrogens (tertiary/aromatic N) is 1. The van der Waals surface area contributed by atoms with Gasteiger partial charge in [0.2, 0.25) is 0 Å². The van der Waals surface area contributed by atoms with Gasteiger partial charge in [0, 0.05) is 18.8 Å². The molecule has 104 valence electrons. The highest BCUT2D eigenvalue weighted by atomic mass is 16.4. The molecule has 0 aliphatic heterocycles. The van der Waals surface area contributed by atoms with Crippen molar-refractivity contribution in [2.45, 2.75) is 38.5 Å². The van der Waals surface area contributed by atoms with Gasteiger partial charge in [-0.1, -0.05) is 0 Å². The van der Waals surface area contributed by atoms with E-state index in [0.29, 0.717) is 12.4 Å². The van der Waals surface area contributed by atoms with Crippen LogP contribution in [0.1, 0.15) is 47.3 Å². The molecule has 1 aliphatic rings. The van der Waals surface area contributed by atoms with Gasteiger partial charge in [-0.25, -0.2) is 9.78 Å². The van der Waals surface area contributed by atoms with E-state index in [1.54, 1.807) is 6.07 Å². The molecular formula is C14H20N2O3. The summed E-state index contributed by atoms with van der Waals surface area (Å²) in [4.78, 5) is 15.7. The summed E-state index contributed by atoms with van der Waals surface area (Å²) in [5, 5.41) is 21.0. The molecule has 3 N–H and O–H groups in total. The second-order valence-electron chi connectivity index (χ2n) is 4.86. The largest absolute Gasteiger partial charge is 0.478 e. The van der Waals surface area contributed by atoms with Crippen molar-refractivity contribution in [3.05, 3.63) is 22.9 Å². The van der Waals surface area contributed by atoms with Crippen LogP contribution in [-0.2, 0) is 12.8 Å². The minimum absolute atomic E-state index is 0.206. The average Bonchev–Trinajstić information content (AvgIpc) is 2.84. The maximum absolute atomic E-state index is 11.2. The number of rotatable bonds is 7. The van der Waals surface area contributed by atoms with Crippen molar-refractivity contribution in [3.63, 3.8) is 0 Å². The lowest BCUT2D eigenvalue weighted by molar-refractivity contribution is 0.0697. The van der Waals surface area contributed by atoms with Crippen molar-refractivity contribution < 1.29 is 15.0 Å². The molecule has 0 spiro atoms. The first-order valence-electron chi connectivity index (χ1n) is 6.83. The Morgan fingerprint density at radius 2 is 2.16 bits per heavy atom. The molecule has 0 atom stereocenters. The number of hydrogen-bond acceptors (Lipinski definition) is 4. The second-order valence-corrected chi connectivity index (χ2v) is 4.86. The van der Waals surface area contributed by atoms with Crippen LogP contribution in [0.5, 0.6) is 0 Å². The number of unbranched alkanes of at least 4 members (excludes halogenated alkanes) is 2. The van der Waals surface area contributed by atoms with E-state index in [-0.39, 0.29) is 12.2 Å². The number of aromatic nitrogens is 1. The molecular weight excluding hydrogens is 244 g/mol. The van der Waals surface area contributed by atoms with Gasteiger partial charge in [-0.15, -0.1) is 0 Å². The molecule has 1 heterocycles.